The summed E-state index contributed by atoms with van der Waals surface area (Å²) in [6, 6.07) is 5.20. The van der Waals surface area contributed by atoms with Gasteiger partial charge in [0, 0.05) is 6.61 Å². The van der Waals surface area contributed by atoms with E-state index in [1.54, 1.807) is 0 Å². The molecule has 0 amide bonds. The fourth-order valence-electron chi connectivity index (χ4n) is 2.29. The quantitative estimate of drug-likeness (QED) is 0.835. The maximum absolute atomic E-state index is 12.9. The number of nitrogens with one attached hydrogen (secondary N) is 2. The lowest BCUT2D eigenvalue weighted by atomic mass is 10.1. The molecule has 1 heterocycles. The Morgan fingerprint density at radius 2 is 2.10 bits per heavy atom. The van der Waals surface area contributed by atoms with Gasteiger partial charge in [-0.25, -0.2) is 0 Å². The van der Waals surface area contributed by atoms with Crippen molar-refractivity contribution in [3.8, 4) is 0 Å². The van der Waals surface area contributed by atoms with Crippen LogP contribution in [0.25, 0.3) is 0 Å². The molecule has 21 heavy (non-hydrogen) atoms. The van der Waals surface area contributed by atoms with Crippen molar-refractivity contribution in [3.05, 3.63) is 29.8 Å². The second kappa shape index (κ2) is 6.62. The van der Waals surface area contributed by atoms with Gasteiger partial charge in [-0.3, -0.25) is 0 Å². The van der Waals surface area contributed by atoms with Gasteiger partial charge in [-0.15, -0.1) is 0 Å². The molecule has 1 fully saturated rings. The van der Waals surface area contributed by atoms with Gasteiger partial charge in [0.25, 0.3) is 0 Å². The van der Waals surface area contributed by atoms with E-state index >= 15 is 0 Å². The van der Waals surface area contributed by atoms with Gasteiger partial charge < -0.3 is 15.4 Å². The zero-order valence-electron chi connectivity index (χ0n) is 11.5. The number of hydrogen-bond acceptors (Lipinski definition) is 2. The van der Waals surface area contributed by atoms with Crippen LogP contribution in [0.5, 0.6) is 0 Å². The lowest BCUT2D eigenvalue weighted by Crippen LogP contribution is -2.43. The van der Waals surface area contributed by atoms with Crippen molar-refractivity contribution in [1.82, 2.24) is 5.32 Å². The molecule has 2 unspecified atom stereocenters. The van der Waals surface area contributed by atoms with Crippen LogP contribution in [-0.2, 0) is 10.9 Å². The number of anilines is 1. The van der Waals surface area contributed by atoms with E-state index in [0.29, 0.717) is 6.61 Å². The number of rotatable bonds is 3. The molecule has 0 bridgehead atoms. The van der Waals surface area contributed by atoms with Gasteiger partial charge in [0.15, 0.2) is 5.11 Å². The summed E-state index contributed by atoms with van der Waals surface area (Å²) in [4.78, 5) is 0. The fraction of sp³-hybridized carbons (Fsp3) is 0.500. The highest BCUT2D eigenvalue weighted by molar-refractivity contribution is 7.80. The Kier molecular flexibility index (Phi) is 5.05. The van der Waals surface area contributed by atoms with Crippen LogP contribution in [-0.4, -0.2) is 23.9 Å². The van der Waals surface area contributed by atoms with Crippen LogP contribution in [0.1, 0.15) is 25.3 Å². The molecule has 2 rings (SSSR count). The summed E-state index contributed by atoms with van der Waals surface area (Å²) in [6.07, 6.45) is -2.45. The summed E-state index contributed by atoms with van der Waals surface area (Å²) in [7, 11) is 0. The summed E-state index contributed by atoms with van der Waals surface area (Å²) < 4.78 is 44.2. The van der Waals surface area contributed by atoms with Crippen molar-refractivity contribution in [2.45, 2.75) is 38.1 Å². The van der Waals surface area contributed by atoms with Gasteiger partial charge in [0.2, 0.25) is 0 Å². The Morgan fingerprint density at radius 3 is 2.71 bits per heavy atom. The Balaban J connectivity index is 1.99. The molecular formula is C14H17F3N2OS. The molecule has 0 radical (unpaired) electrons. The number of benzene rings is 1. The van der Waals surface area contributed by atoms with Gasteiger partial charge in [0.05, 0.1) is 23.4 Å². The molecular weight excluding hydrogens is 301 g/mol. The third-order valence-corrected chi connectivity index (χ3v) is 3.58. The molecule has 0 aliphatic carbocycles. The number of thiocarbonyl (C=S) groups is 1. The maximum Gasteiger partial charge on any atom is 0.418 e. The van der Waals surface area contributed by atoms with E-state index in [-0.39, 0.29) is 22.9 Å². The smallest absolute Gasteiger partial charge is 0.376 e. The monoisotopic (exact) mass is 318 g/mol. The molecule has 1 aliphatic rings. The van der Waals surface area contributed by atoms with E-state index in [1.807, 2.05) is 6.92 Å². The lowest BCUT2D eigenvalue weighted by Gasteiger charge is -2.22. The van der Waals surface area contributed by atoms with Crippen LogP contribution in [0.15, 0.2) is 24.3 Å². The molecule has 1 aliphatic heterocycles. The Morgan fingerprint density at radius 1 is 1.38 bits per heavy atom. The van der Waals surface area contributed by atoms with E-state index in [4.69, 9.17) is 17.0 Å². The Hall–Kier alpha value is -1.34. The van der Waals surface area contributed by atoms with Crippen LogP contribution in [0.4, 0.5) is 18.9 Å². The summed E-state index contributed by atoms with van der Waals surface area (Å²) >= 11 is 5.09. The van der Waals surface area contributed by atoms with Gasteiger partial charge in [0.1, 0.15) is 0 Å². The molecule has 0 spiro atoms. The number of alkyl halides is 3. The zero-order valence-corrected chi connectivity index (χ0v) is 12.4. The second-order valence-electron chi connectivity index (χ2n) is 4.98. The van der Waals surface area contributed by atoms with Gasteiger partial charge in [-0.05, 0) is 44.1 Å². The molecule has 116 valence electrons. The maximum atomic E-state index is 12.9. The number of hydrogen-bond donors (Lipinski definition) is 2. The molecule has 7 heteroatoms. The first-order valence-corrected chi connectivity index (χ1v) is 7.14. The standard InChI is InChI=1S/C14H17F3N2OS/c1-9(12-7-4-8-20-12)18-13(21)19-11-6-3-2-5-10(11)14(15,16)17/h2-3,5-6,9,12H,4,7-8H2,1H3,(H2,18,19,21). The van der Waals surface area contributed by atoms with Crippen LogP contribution < -0.4 is 10.6 Å². The highest BCUT2D eigenvalue weighted by Gasteiger charge is 2.33. The largest absolute Gasteiger partial charge is 0.418 e. The van der Waals surface area contributed by atoms with Gasteiger partial charge in [-0.2, -0.15) is 13.2 Å². The summed E-state index contributed by atoms with van der Waals surface area (Å²) in [5.74, 6) is 0. The van der Waals surface area contributed by atoms with Crippen molar-refractivity contribution in [3.63, 3.8) is 0 Å². The van der Waals surface area contributed by atoms with E-state index in [2.05, 4.69) is 10.6 Å². The molecule has 2 N–H and O–H groups in total. The van der Waals surface area contributed by atoms with Crippen molar-refractivity contribution in [2.75, 3.05) is 11.9 Å². The first-order chi connectivity index (χ1) is 9.88. The van der Waals surface area contributed by atoms with Gasteiger partial charge in [-0.1, -0.05) is 12.1 Å². The van der Waals surface area contributed by atoms with Crippen LogP contribution in [0.2, 0.25) is 0 Å². The summed E-state index contributed by atoms with van der Waals surface area (Å²) in [6.45, 7) is 2.62. The first kappa shape index (κ1) is 16.0. The first-order valence-electron chi connectivity index (χ1n) is 6.73. The molecule has 1 saturated heterocycles. The molecule has 1 aromatic carbocycles. The van der Waals surface area contributed by atoms with Crippen molar-refractivity contribution < 1.29 is 17.9 Å². The highest BCUT2D eigenvalue weighted by Crippen LogP contribution is 2.34. The van der Waals surface area contributed by atoms with E-state index in [0.717, 1.165) is 18.9 Å². The number of ether oxygens (including phenoxy) is 1. The molecule has 0 aromatic heterocycles. The third-order valence-electron chi connectivity index (χ3n) is 3.36. The van der Waals surface area contributed by atoms with Crippen LogP contribution in [0, 0.1) is 0 Å². The van der Waals surface area contributed by atoms with Crippen LogP contribution in [0.3, 0.4) is 0 Å². The van der Waals surface area contributed by atoms with E-state index in [1.165, 1.54) is 18.2 Å². The van der Waals surface area contributed by atoms with Crippen LogP contribution >= 0.6 is 12.2 Å². The fourth-order valence-corrected chi connectivity index (χ4v) is 2.59. The topological polar surface area (TPSA) is 33.3 Å². The predicted molar refractivity (Wildman–Crippen MR) is 79.2 cm³/mol. The normalized spacial score (nSPS) is 20.1. The molecule has 1 aromatic rings. The zero-order chi connectivity index (χ0) is 15.5. The minimum absolute atomic E-state index is 0.0441. The predicted octanol–water partition coefficient (Wildman–Crippen LogP) is 3.56. The molecule has 0 saturated carbocycles. The van der Waals surface area contributed by atoms with E-state index in [9.17, 15) is 13.2 Å². The summed E-state index contributed by atoms with van der Waals surface area (Å²) in [5, 5.41) is 5.75. The van der Waals surface area contributed by atoms with E-state index < -0.39 is 11.7 Å². The number of halogens is 3. The second-order valence-corrected chi connectivity index (χ2v) is 5.39. The lowest BCUT2D eigenvalue weighted by molar-refractivity contribution is -0.136. The average molecular weight is 318 g/mol. The Labute approximate surface area is 126 Å². The minimum atomic E-state index is -4.42. The van der Waals surface area contributed by atoms with Gasteiger partial charge >= 0.3 is 6.18 Å². The SMILES string of the molecule is CC(NC(=S)Nc1ccccc1C(F)(F)F)C1CCCO1. The number of para-hydroxylation sites is 1. The van der Waals surface area contributed by atoms with Crippen molar-refractivity contribution in [2.24, 2.45) is 0 Å². The summed E-state index contributed by atoms with van der Waals surface area (Å²) in [5.41, 5.74) is -0.791. The third kappa shape index (κ3) is 4.31. The molecule has 3 nitrogen and oxygen atoms in total. The Bertz CT molecular complexity index is 501. The molecule has 2 atom stereocenters. The average Bonchev–Trinajstić information content (AvgIpc) is 2.91. The highest BCUT2D eigenvalue weighted by atomic mass is 32.1. The van der Waals surface area contributed by atoms with Crippen molar-refractivity contribution >= 4 is 23.0 Å². The minimum Gasteiger partial charge on any atom is -0.376 e. The van der Waals surface area contributed by atoms with Crippen molar-refractivity contribution in [1.29, 1.82) is 0 Å².